The number of fused-ring (bicyclic) bond motifs is 1. The Hall–Kier alpha value is -1.95. The highest BCUT2D eigenvalue weighted by Crippen LogP contribution is 2.20. The van der Waals surface area contributed by atoms with Crippen LogP contribution in [0.2, 0.25) is 0 Å². The molecule has 25 heavy (non-hydrogen) atoms. The van der Waals surface area contributed by atoms with Crippen molar-refractivity contribution in [1.82, 2.24) is 18.4 Å². The quantitative estimate of drug-likeness (QED) is 0.508. The maximum Gasteiger partial charge on any atom is 0.242 e. The van der Waals surface area contributed by atoms with Gasteiger partial charge in [0.15, 0.2) is 0 Å². The zero-order valence-electron chi connectivity index (χ0n) is 13.2. The molecule has 1 aromatic carbocycles. The number of likely N-dealkylation sites (tertiary alicyclic amines) is 1. The minimum Gasteiger partial charge on any atom is -0.378 e. The molecule has 134 valence electrons. The Labute approximate surface area is 148 Å². The van der Waals surface area contributed by atoms with Gasteiger partial charge in [0.25, 0.3) is 0 Å². The summed E-state index contributed by atoms with van der Waals surface area (Å²) in [5, 5.41) is 0. The van der Waals surface area contributed by atoms with Crippen molar-refractivity contribution in [2.75, 3.05) is 26.3 Å². The first kappa shape index (κ1) is 17.9. The van der Waals surface area contributed by atoms with Crippen molar-refractivity contribution < 1.29 is 22.7 Å². The van der Waals surface area contributed by atoms with Gasteiger partial charge in [-0.25, -0.2) is 13.1 Å². The van der Waals surface area contributed by atoms with Gasteiger partial charge in [0.2, 0.25) is 21.8 Å². The molecule has 2 amide bonds. The van der Waals surface area contributed by atoms with E-state index in [-0.39, 0.29) is 55.9 Å². The van der Waals surface area contributed by atoms with Crippen LogP contribution in [0.25, 0.3) is 11.0 Å². The molecule has 1 aliphatic rings. The summed E-state index contributed by atoms with van der Waals surface area (Å²) in [6.07, 6.45) is 0.491. The van der Waals surface area contributed by atoms with Crippen LogP contribution in [0.4, 0.5) is 0 Å². The van der Waals surface area contributed by atoms with Crippen molar-refractivity contribution in [3.05, 3.63) is 18.2 Å². The standard InChI is InChI=1S/C14H16N4O5S2/c19-12-4-5-13(20)18(12)7-9-23-8-6-15-25(21,22)11-3-1-2-10-14(11)17-24-16-10/h1-3,15H,4-9H2. The summed E-state index contributed by atoms with van der Waals surface area (Å²) in [6.45, 7) is 0.554. The highest BCUT2D eigenvalue weighted by Gasteiger charge is 2.28. The molecule has 0 unspecified atom stereocenters. The Morgan fingerprint density at radius 3 is 2.68 bits per heavy atom. The molecule has 1 aromatic heterocycles. The lowest BCUT2D eigenvalue weighted by Crippen LogP contribution is -2.33. The van der Waals surface area contributed by atoms with Crippen molar-refractivity contribution >= 4 is 44.6 Å². The highest BCUT2D eigenvalue weighted by atomic mass is 32.2. The number of hydrogen-bond donors (Lipinski definition) is 1. The van der Waals surface area contributed by atoms with E-state index in [0.717, 1.165) is 11.7 Å². The smallest absolute Gasteiger partial charge is 0.242 e. The maximum absolute atomic E-state index is 12.3. The van der Waals surface area contributed by atoms with Crippen LogP contribution < -0.4 is 4.72 Å². The van der Waals surface area contributed by atoms with Crippen molar-refractivity contribution in [3.63, 3.8) is 0 Å². The molecule has 0 spiro atoms. The van der Waals surface area contributed by atoms with Gasteiger partial charge in [-0.1, -0.05) is 6.07 Å². The second kappa shape index (κ2) is 7.52. The molecule has 0 radical (unpaired) electrons. The predicted octanol–water partition coefficient (Wildman–Crippen LogP) is 0.135. The first-order chi connectivity index (χ1) is 12.0. The number of nitrogens with one attached hydrogen (secondary N) is 1. The third-order valence-corrected chi connectivity index (χ3v) is 5.73. The van der Waals surface area contributed by atoms with E-state index >= 15 is 0 Å². The molecule has 1 aliphatic heterocycles. The number of nitrogens with zero attached hydrogens (tertiary/aromatic N) is 3. The maximum atomic E-state index is 12.3. The minimum atomic E-state index is -3.72. The van der Waals surface area contributed by atoms with Gasteiger partial charge in [-0.3, -0.25) is 14.5 Å². The van der Waals surface area contributed by atoms with Gasteiger partial charge >= 0.3 is 0 Å². The summed E-state index contributed by atoms with van der Waals surface area (Å²) in [5.74, 6) is -0.390. The topological polar surface area (TPSA) is 119 Å². The Balaban J connectivity index is 1.46. The fourth-order valence-corrected chi connectivity index (χ4v) is 4.23. The zero-order chi connectivity index (χ0) is 17.9. The second-order valence-corrected chi connectivity index (χ2v) is 7.60. The van der Waals surface area contributed by atoms with Crippen molar-refractivity contribution in [1.29, 1.82) is 0 Å². The lowest BCUT2D eigenvalue weighted by molar-refractivity contribution is -0.139. The number of aromatic nitrogens is 2. The van der Waals surface area contributed by atoms with E-state index in [0.29, 0.717) is 11.0 Å². The van der Waals surface area contributed by atoms with Crippen LogP contribution in [-0.4, -0.2) is 60.2 Å². The number of ether oxygens (including phenoxy) is 1. The molecule has 2 heterocycles. The van der Waals surface area contributed by atoms with Gasteiger partial charge in [0.05, 0.1) is 31.5 Å². The molecule has 1 fully saturated rings. The van der Waals surface area contributed by atoms with E-state index in [9.17, 15) is 18.0 Å². The fraction of sp³-hybridized carbons (Fsp3) is 0.429. The van der Waals surface area contributed by atoms with Crippen molar-refractivity contribution in [2.45, 2.75) is 17.7 Å². The van der Waals surface area contributed by atoms with E-state index in [4.69, 9.17) is 4.74 Å². The molecule has 1 saturated heterocycles. The average Bonchev–Trinajstić information content (AvgIpc) is 3.18. The highest BCUT2D eigenvalue weighted by molar-refractivity contribution is 7.89. The van der Waals surface area contributed by atoms with Crippen molar-refractivity contribution in [3.8, 4) is 0 Å². The fourth-order valence-electron chi connectivity index (χ4n) is 2.45. The number of carbonyl (C=O) groups excluding carboxylic acids is 2. The molecular formula is C14H16N4O5S2. The molecule has 1 N–H and O–H groups in total. The number of benzene rings is 1. The van der Waals surface area contributed by atoms with E-state index < -0.39 is 10.0 Å². The Morgan fingerprint density at radius 2 is 1.92 bits per heavy atom. The van der Waals surface area contributed by atoms with E-state index in [2.05, 4.69) is 13.5 Å². The summed E-state index contributed by atoms with van der Waals surface area (Å²) >= 11 is 0.954. The number of rotatable bonds is 8. The average molecular weight is 384 g/mol. The minimum absolute atomic E-state index is 0.0676. The third-order valence-electron chi connectivity index (χ3n) is 3.69. The van der Waals surface area contributed by atoms with Gasteiger partial charge in [-0.15, -0.1) is 0 Å². The molecule has 11 heteroatoms. The largest absolute Gasteiger partial charge is 0.378 e. The zero-order valence-corrected chi connectivity index (χ0v) is 14.8. The molecule has 9 nitrogen and oxygen atoms in total. The summed E-state index contributed by atoms with van der Waals surface area (Å²) in [5.41, 5.74) is 0.871. The second-order valence-electron chi connectivity index (χ2n) is 5.34. The van der Waals surface area contributed by atoms with Crippen LogP contribution in [0.5, 0.6) is 0 Å². The molecule has 0 atom stereocenters. The number of hydrogen-bond acceptors (Lipinski definition) is 8. The molecule has 3 rings (SSSR count). The molecule has 2 aromatic rings. The Morgan fingerprint density at radius 1 is 1.16 bits per heavy atom. The van der Waals surface area contributed by atoms with Crippen LogP contribution in [0.1, 0.15) is 12.8 Å². The lowest BCUT2D eigenvalue weighted by Gasteiger charge is -2.13. The summed E-state index contributed by atoms with van der Waals surface area (Å²) in [6, 6.07) is 4.78. The van der Waals surface area contributed by atoms with E-state index in [1.165, 1.54) is 11.0 Å². The third kappa shape index (κ3) is 4.00. The normalized spacial score (nSPS) is 15.4. The number of carbonyl (C=O) groups is 2. The first-order valence-corrected chi connectivity index (χ1v) is 9.82. The van der Waals surface area contributed by atoms with Crippen LogP contribution in [0.3, 0.4) is 0 Å². The molecule has 0 bridgehead atoms. The van der Waals surface area contributed by atoms with E-state index in [1.54, 1.807) is 12.1 Å². The van der Waals surface area contributed by atoms with Gasteiger partial charge in [0, 0.05) is 19.4 Å². The molecular weight excluding hydrogens is 368 g/mol. The van der Waals surface area contributed by atoms with Gasteiger partial charge < -0.3 is 4.74 Å². The Bertz CT molecular complexity index is 880. The van der Waals surface area contributed by atoms with Crippen LogP contribution >= 0.6 is 11.7 Å². The van der Waals surface area contributed by atoms with Gasteiger partial charge in [-0.05, 0) is 12.1 Å². The summed E-state index contributed by atoms with van der Waals surface area (Å²) < 4.78 is 40.5. The number of imide groups is 1. The van der Waals surface area contributed by atoms with Crippen LogP contribution in [0.15, 0.2) is 23.1 Å². The molecule has 0 aliphatic carbocycles. The molecule has 0 saturated carbocycles. The SMILES string of the molecule is O=C1CCC(=O)N1CCOCCNS(=O)(=O)c1cccc2nsnc12. The summed E-state index contributed by atoms with van der Waals surface area (Å²) in [7, 11) is -3.72. The van der Waals surface area contributed by atoms with Crippen LogP contribution in [0, 0.1) is 0 Å². The van der Waals surface area contributed by atoms with Crippen molar-refractivity contribution in [2.24, 2.45) is 0 Å². The predicted molar refractivity (Wildman–Crippen MR) is 89.4 cm³/mol. The Kier molecular flexibility index (Phi) is 5.37. The lowest BCUT2D eigenvalue weighted by atomic mass is 10.3. The summed E-state index contributed by atoms with van der Waals surface area (Å²) in [4.78, 5) is 24.1. The van der Waals surface area contributed by atoms with Gasteiger partial charge in [-0.2, -0.15) is 8.75 Å². The van der Waals surface area contributed by atoms with Crippen LogP contribution in [-0.2, 0) is 24.3 Å². The monoisotopic (exact) mass is 384 g/mol. The van der Waals surface area contributed by atoms with Gasteiger partial charge in [0.1, 0.15) is 15.9 Å². The number of sulfonamides is 1. The first-order valence-electron chi connectivity index (χ1n) is 7.61. The van der Waals surface area contributed by atoms with E-state index in [1.807, 2.05) is 0 Å². The number of amides is 2.